The van der Waals surface area contributed by atoms with Crippen molar-refractivity contribution in [3.63, 3.8) is 0 Å². The van der Waals surface area contributed by atoms with Gasteiger partial charge in [0.25, 0.3) is 0 Å². The molecule has 1 amide bonds. The van der Waals surface area contributed by atoms with E-state index in [0.29, 0.717) is 25.3 Å². The summed E-state index contributed by atoms with van der Waals surface area (Å²) < 4.78 is 1.60. The first kappa shape index (κ1) is 14.6. The Morgan fingerprint density at radius 1 is 1.56 bits per heavy atom. The highest BCUT2D eigenvalue weighted by molar-refractivity contribution is 5.75. The number of aliphatic hydroxyl groups is 1. The minimum atomic E-state index is -0.850. The second-order valence-corrected chi connectivity index (χ2v) is 5.28. The fourth-order valence-corrected chi connectivity index (χ4v) is 1.89. The minimum Gasteiger partial charge on any atom is -0.388 e. The molecule has 0 aliphatic rings. The Bertz CT molecular complexity index is 360. The van der Waals surface area contributed by atoms with Crippen LogP contribution in [-0.4, -0.2) is 37.9 Å². The van der Waals surface area contributed by atoms with Gasteiger partial charge in [0.2, 0.25) is 5.91 Å². The maximum Gasteiger partial charge on any atom is 0.221 e. The Kier molecular flexibility index (Phi) is 5.27. The molecule has 18 heavy (non-hydrogen) atoms. The Morgan fingerprint density at radius 2 is 2.28 bits per heavy atom. The van der Waals surface area contributed by atoms with Crippen LogP contribution >= 0.6 is 0 Å². The van der Waals surface area contributed by atoms with E-state index in [-0.39, 0.29) is 12.5 Å². The van der Waals surface area contributed by atoms with E-state index in [2.05, 4.69) is 15.4 Å². The van der Waals surface area contributed by atoms with Gasteiger partial charge in [0.05, 0.1) is 12.1 Å². The van der Waals surface area contributed by atoms with Gasteiger partial charge in [-0.2, -0.15) is 5.10 Å². The fraction of sp³-hybridized carbons (Fsp3) is 0.750. The van der Waals surface area contributed by atoms with E-state index in [9.17, 15) is 9.90 Å². The van der Waals surface area contributed by atoms with Crippen LogP contribution in [0, 0.1) is 5.92 Å². The number of aromatic nitrogens is 3. The lowest BCUT2D eigenvalue weighted by Crippen LogP contribution is -2.41. The van der Waals surface area contributed by atoms with Gasteiger partial charge in [-0.1, -0.05) is 13.8 Å². The molecule has 1 heterocycles. The summed E-state index contributed by atoms with van der Waals surface area (Å²) in [6.07, 6.45) is 4.00. The van der Waals surface area contributed by atoms with Crippen molar-refractivity contribution in [2.75, 3.05) is 6.54 Å². The van der Waals surface area contributed by atoms with Crippen molar-refractivity contribution in [2.24, 2.45) is 5.92 Å². The first-order chi connectivity index (χ1) is 8.39. The topological polar surface area (TPSA) is 80.0 Å². The van der Waals surface area contributed by atoms with Gasteiger partial charge in [-0.25, -0.2) is 4.98 Å². The van der Waals surface area contributed by atoms with Crippen molar-refractivity contribution in [2.45, 2.75) is 45.8 Å². The maximum absolute atomic E-state index is 11.6. The summed E-state index contributed by atoms with van der Waals surface area (Å²) in [7, 11) is 0. The number of hydrogen-bond acceptors (Lipinski definition) is 4. The predicted octanol–water partition coefficient (Wildman–Crippen LogP) is 0.581. The molecule has 0 aliphatic heterocycles. The molecule has 102 valence electrons. The molecule has 0 aliphatic carbocycles. The largest absolute Gasteiger partial charge is 0.388 e. The van der Waals surface area contributed by atoms with Crippen LogP contribution in [0.2, 0.25) is 0 Å². The van der Waals surface area contributed by atoms with Crippen LogP contribution in [-0.2, 0) is 11.3 Å². The van der Waals surface area contributed by atoms with E-state index in [1.807, 2.05) is 13.8 Å². The van der Waals surface area contributed by atoms with Crippen molar-refractivity contribution >= 4 is 5.91 Å². The summed E-state index contributed by atoms with van der Waals surface area (Å²) >= 11 is 0. The third kappa shape index (κ3) is 5.77. The molecule has 1 aromatic rings. The Morgan fingerprint density at radius 3 is 2.83 bits per heavy atom. The molecule has 1 aromatic heterocycles. The molecule has 0 aromatic carbocycles. The lowest BCUT2D eigenvalue weighted by molar-refractivity contribution is -0.122. The molecule has 0 bridgehead atoms. The highest BCUT2D eigenvalue weighted by Crippen LogP contribution is 2.14. The number of aryl methyl sites for hydroxylation is 1. The number of carbonyl (C=O) groups is 1. The number of carbonyl (C=O) groups excluding carboxylic acids is 1. The molecular weight excluding hydrogens is 232 g/mol. The van der Waals surface area contributed by atoms with E-state index in [0.717, 1.165) is 0 Å². The molecule has 2 N–H and O–H groups in total. The van der Waals surface area contributed by atoms with Gasteiger partial charge in [-0.05, 0) is 19.3 Å². The number of amides is 1. The second kappa shape index (κ2) is 6.49. The van der Waals surface area contributed by atoms with Crippen LogP contribution < -0.4 is 5.32 Å². The molecule has 0 saturated heterocycles. The minimum absolute atomic E-state index is 0.0884. The van der Waals surface area contributed by atoms with E-state index in [4.69, 9.17) is 0 Å². The third-order valence-corrected chi connectivity index (χ3v) is 2.55. The quantitative estimate of drug-likeness (QED) is 0.746. The molecule has 0 spiro atoms. The highest BCUT2D eigenvalue weighted by atomic mass is 16.3. The van der Waals surface area contributed by atoms with Crippen LogP contribution in [0.3, 0.4) is 0 Å². The Labute approximate surface area is 107 Å². The Balaban J connectivity index is 2.24. The third-order valence-electron chi connectivity index (χ3n) is 2.55. The second-order valence-electron chi connectivity index (χ2n) is 5.28. The predicted molar refractivity (Wildman–Crippen MR) is 67.7 cm³/mol. The lowest BCUT2D eigenvalue weighted by atomic mass is 9.94. The van der Waals surface area contributed by atoms with Crippen molar-refractivity contribution in [3.05, 3.63) is 12.7 Å². The number of rotatable bonds is 7. The average molecular weight is 254 g/mol. The van der Waals surface area contributed by atoms with Crippen LogP contribution in [0.1, 0.15) is 33.6 Å². The molecule has 0 fully saturated rings. The van der Waals surface area contributed by atoms with E-state index < -0.39 is 5.60 Å². The van der Waals surface area contributed by atoms with Crippen molar-refractivity contribution in [1.82, 2.24) is 20.1 Å². The molecule has 6 nitrogen and oxygen atoms in total. The fourth-order valence-electron chi connectivity index (χ4n) is 1.89. The van der Waals surface area contributed by atoms with Gasteiger partial charge in [0.15, 0.2) is 0 Å². The van der Waals surface area contributed by atoms with Crippen LogP contribution in [0.5, 0.6) is 0 Å². The van der Waals surface area contributed by atoms with Gasteiger partial charge in [0, 0.05) is 13.0 Å². The van der Waals surface area contributed by atoms with Gasteiger partial charge in [0.1, 0.15) is 12.7 Å². The zero-order valence-corrected chi connectivity index (χ0v) is 11.3. The zero-order valence-electron chi connectivity index (χ0n) is 11.3. The van der Waals surface area contributed by atoms with Crippen LogP contribution in [0.4, 0.5) is 0 Å². The van der Waals surface area contributed by atoms with Crippen molar-refractivity contribution in [1.29, 1.82) is 0 Å². The lowest BCUT2D eigenvalue weighted by Gasteiger charge is -2.25. The van der Waals surface area contributed by atoms with Gasteiger partial charge in [-0.15, -0.1) is 0 Å². The van der Waals surface area contributed by atoms with Gasteiger partial charge >= 0.3 is 0 Å². The molecule has 1 rings (SSSR count). The summed E-state index contributed by atoms with van der Waals surface area (Å²) in [5, 5.41) is 16.7. The van der Waals surface area contributed by atoms with E-state index >= 15 is 0 Å². The summed E-state index contributed by atoms with van der Waals surface area (Å²) in [4.78, 5) is 15.4. The normalized spacial score (nSPS) is 14.5. The SMILES string of the molecule is CC(C)CC(C)(O)CNC(=O)CCn1cncn1. The van der Waals surface area contributed by atoms with Crippen molar-refractivity contribution < 1.29 is 9.90 Å². The van der Waals surface area contributed by atoms with Gasteiger partial charge < -0.3 is 10.4 Å². The summed E-state index contributed by atoms with van der Waals surface area (Å²) in [5.41, 5.74) is -0.850. The average Bonchev–Trinajstić information content (AvgIpc) is 2.74. The first-order valence-electron chi connectivity index (χ1n) is 6.20. The number of nitrogens with one attached hydrogen (secondary N) is 1. The standard InChI is InChI=1S/C12H22N4O2/c1-10(2)6-12(3,18)7-14-11(17)4-5-16-9-13-8-15-16/h8-10,18H,4-7H2,1-3H3,(H,14,17). The first-order valence-corrected chi connectivity index (χ1v) is 6.20. The van der Waals surface area contributed by atoms with Crippen molar-refractivity contribution in [3.8, 4) is 0 Å². The highest BCUT2D eigenvalue weighted by Gasteiger charge is 2.22. The van der Waals surface area contributed by atoms with E-state index in [1.54, 1.807) is 17.9 Å². The molecule has 6 heteroatoms. The monoisotopic (exact) mass is 254 g/mol. The summed E-state index contributed by atoms with van der Waals surface area (Å²) in [6, 6.07) is 0. The molecule has 1 unspecified atom stereocenters. The van der Waals surface area contributed by atoms with Gasteiger partial charge in [-0.3, -0.25) is 9.48 Å². The maximum atomic E-state index is 11.6. The smallest absolute Gasteiger partial charge is 0.221 e. The van der Waals surface area contributed by atoms with Crippen LogP contribution in [0.25, 0.3) is 0 Å². The Hall–Kier alpha value is -1.43. The van der Waals surface area contributed by atoms with E-state index in [1.165, 1.54) is 6.33 Å². The summed E-state index contributed by atoms with van der Waals surface area (Å²) in [5.74, 6) is 0.307. The molecule has 1 atom stereocenters. The molecule has 0 radical (unpaired) electrons. The number of nitrogens with zero attached hydrogens (tertiary/aromatic N) is 3. The summed E-state index contributed by atoms with van der Waals surface area (Å²) in [6.45, 7) is 6.60. The van der Waals surface area contributed by atoms with Crippen LogP contribution in [0.15, 0.2) is 12.7 Å². The number of hydrogen-bond donors (Lipinski definition) is 2. The zero-order chi connectivity index (χ0) is 13.6. The molecule has 0 saturated carbocycles. The molecular formula is C12H22N4O2.